The Labute approximate surface area is 274 Å². The van der Waals surface area contributed by atoms with Gasteiger partial charge in [0.25, 0.3) is 11.8 Å². The van der Waals surface area contributed by atoms with Gasteiger partial charge < -0.3 is 25.4 Å². The molecule has 0 saturated carbocycles. The van der Waals surface area contributed by atoms with E-state index in [0.717, 1.165) is 16.2 Å². The third-order valence-electron chi connectivity index (χ3n) is 6.58. The third kappa shape index (κ3) is 8.40. The van der Waals surface area contributed by atoms with Crippen molar-refractivity contribution in [3.8, 4) is 22.8 Å². The zero-order chi connectivity index (χ0) is 32.3. The van der Waals surface area contributed by atoms with E-state index in [9.17, 15) is 14.4 Å². The number of rotatable bonds is 12. The van der Waals surface area contributed by atoms with Gasteiger partial charge >= 0.3 is 0 Å². The Morgan fingerprint density at radius 2 is 1.48 bits per heavy atom. The summed E-state index contributed by atoms with van der Waals surface area (Å²) in [7, 11) is 3.15. The van der Waals surface area contributed by atoms with Gasteiger partial charge in [0.05, 0.1) is 25.7 Å². The van der Waals surface area contributed by atoms with Gasteiger partial charge in [0.1, 0.15) is 17.2 Å². The Kier molecular flexibility index (Phi) is 10.8. The summed E-state index contributed by atoms with van der Waals surface area (Å²) in [5.41, 5.74) is 3.18. The van der Waals surface area contributed by atoms with Gasteiger partial charge in [-0.2, -0.15) is 0 Å². The molecule has 0 fully saturated rings. The molecule has 0 spiro atoms. The summed E-state index contributed by atoms with van der Waals surface area (Å²) >= 11 is 2.69. The molecule has 9 nitrogen and oxygen atoms in total. The van der Waals surface area contributed by atoms with Crippen molar-refractivity contribution in [1.29, 1.82) is 0 Å². The summed E-state index contributed by atoms with van der Waals surface area (Å²) in [5.74, 6) is 0.317. The molecule has 5 rings (SSSR count). The lowest BCUT2D eigenvalue weighted by Crippen LogP contribution is -2.30. The molecule has 46 heavy (non-hydrogen) atoms. The number of para-hydroxylation sites is 2. The van der Waals surface area contributed by atoms with Gasteiger partial charge in [-0.25, -0.2) is 4.98 Å². The van der Waals surface area contributed by atoms with E-state index >= 15 is 0 Å². The van der Waals surface area contributed by atoms with E-state index in [1.165, 1.54) is 30.2 Å². The Balaban J connectivity index is 1.20. The quantitative estimate of drug-likeness (QED) is 0.0986. The lowest BCUT2D eigenvalue weighted by molar-refractivity contribution is -0.114. The molecule has 5 aromatic rings. The largest absolute Gasteiger partial charge is 0.496 e. The Hall–Kier alpha value is -5.39. The molecule has 0 bridgehead atoms. The minimum atomic E-state index is -0.508. The predicted octanol–water partition coefficient (Wildman–Crippen LogP) is 6.97. The zero-order valence-corrected chi connectivity index (χ0v) is 26.6. The molecule has 11 heteroatoms. The van der Waals surface area contributed by atoms with Gasteiger partial charge in [0, 0.05) is 32.7 Å². The molecule has 0 aliphatic heterocycles. The van der Waals surface area contributed by atoms with E-state index in [1.54, 1.807) is 61.7 Å². The van der Waals surface area contributed by atoms with Gasteiger partial charge in [-0.3, -0.25) is 14.4 Å². The van der Waals surface area contributed by atoms with Crippen molar-refractivity contribution in [3.63, 3.8) is 0 Å². The number of hydrogen-bond acceptors (Lipinski definition) is 8. The van der Waals surface area contributed by atoms with Crippen LogP contribution in [0.5, 0.6) is 11.5 Å². The maximum Gasteiger partial charge on any atom is 0.272 e. The first-order valence-corrected chi connectivity index (χ1v) is 15.9. The second kappa shape index (κ2) is 15.6. The number of ether oxygens (including phenoxy) is 2. The summed E-state index contributed by atoms with van der Waals surface area (Å²) in [6.07, 6.45) is 1.57. The monoisotopic (exact) mass is 650 g/mol. The van der Waals surface area contributed by atoms with E-state index in [1.807, 2.05) is 60.0 Å². The number of methoxy groups -OCH3 is 2. The second-order valence-corrected chi connectivity index (χ2v) is 11.6. The highest BCUT2D eigenvalue weighted by Crippen LogP contribution is 2.32. The summed E-state index contributed by atoms with van der Waals surface area (Å²) in [5, 5.41) is 10.8. The van der Waals surface area contributed by atoms with Crippen LogP contribution in [0.25, 0.3) is 17.3 Å². The van der Waals surface area contributed by atoms with E-state index in [4.69, 9.17) is 9.47 Å². The SMILES string of the molecule is COc1ccccc1/C=C(\NC(=O)c1ccccc1)C(=O)Nc1ccc(SCC(=O)Nc2nc(-c3ccccc3OC)cs2)cc1. The van der Waals surface area contributed by atoms with Gasteiger partial charge in [-0.1, -0.05) is 48.5 Å². The molecule has 4 aromatic carbocycles. The van der Waals surface area contributed by atoms with Crippen molar-refractivity contribution in [3.05, 3.63) is 125 Å². The Bertz CT molecular complexity index is 1860. The Morgan fingerprint density at radius 3 is 2.22 bits per heavy atom. The van der Waals surface area contributed by atoms with Crippen LogP contribution in [0.15, 0.2) is 119 Å². The molecule has 232 valence electrons. The molecule has 0 atom stereocenters. The molecule has 0 unspecified atom stereocenters. The Morgan fingerprint density at radius 1 is 0.804 bits per heavy atom. The molecular weight excluding hydrogens is 621 g/mol. The fourth-order valence-corrected chi connectivity index (χ4v) is 5.76. The van der Waals surface area contributed by atoms with Crippen LogP contribution in [0.1, 0.15) is 15.9 Å². The number of anilines is 2. The number of carbonyl (C=O) groups is 3. The van der Waals surface area contributed by atoms with E-state index in [-0.39, 0.29) is 17.4 Å². The van der Waals surface area contributed by atoms with Crippen LogP contribution in [0.4, 0.5) is 10.8 Å². The summed E-state index contributed by atoms with van der Waals surface area (Å²) < 4.78 is 10.8. The van der Waals surface area contributed by atoms with Crippen molar-refractivity contribution in [2.45, 2.75) is 4.90 Å². The number of aromatic nitrogens is 1. The van der Waals surface area contributed by atoms with Crippen molar-refractivity contribution in [2.75, 3.05) is 30.6 Å². The number of nitrogens with one attached hydrogen (secondary N) is 3. The van der Waals surface area contributed by atoms with Gasteiger partial charge in [-0.15, -0.1) is 23.1 Å². The molecule has 0 saturated heterocycles. The van der Waals surface area contributed by atoms with Crippen molar-refractivity contribution in [1.82, 2.24) is 10.3 Å². The normalized spacial score (nSPS) is 11.0. The van der Waals surface area contributed by atoms with Crippen LogP contribution in [0, 0.1) is 0 Å². The number of thioether (sulfide) groups is 1. The number of thiazole rings is 1. The third-order valence-corrected chi connectivity index (χ3v) is 8.35. The highest BCUT2D eigenvalue weighted by atomic mass is 32.2. The fourth-order valence-electron chi connectivity index (χ4n) is 4.33. The number of nitrogens with zero attached hydrogens (tertiary/aromatic N) is 1. The predicted molar refractivity (Wildman–Crippen MR) is 183 cm³/mol. The van der Waals surface area contributed by atoms with Gasteiger partial charge in [-0.05, 0) is 60.7 Å². The molecule has 0 radical (unpaired) electrons. The first-order valence-electron chi connectivity index (χ1n) is 14.1. The topological polar surface area (TPSA) is 119 Å². The minimum absolute atomic E-state index is 0.0459. The zero-order valence-electron chi connectivity index (χ0n) is 25.0. The van der Waals surface area contributed by atoms with E-state index in [2.05, 4.69) is 20.9 Å². The number of hydrogen-bond donors (Lipinski definition) is 3. The average molecular weight is 651 g/mol. The van der Waals surface area contributed by atoms with Crippen molar-refractivity contribution in [2.24, 2.45) is 0 Å². The first kappa shape index (κ1) is 32.0. The average Bonchev–Trinajstić information content (AvgIpc) is 3.56. The van der Waals surface area contributed by atoms with Crippen molar-refractivity contribution >= 4 is 57.7 Å². The molecular formula is C35H30N4O5S2. The molecule has 1 heterocycles. The highest BCUT2D eigenvalue weighted by molar-refractivity contribution is 8.00. The number of carbonyl (C=O) groups excluding carboxylic acids is 3. The first-order chi connectivity index (χ1) is 22.4. The molecule has 0 aliphatic rings. The van der Waals surface area contributed by atoms with Crippen LogP contribution in [0.3, 0.4) is 0 Å². The lowest BCUT2D eigenvalue weighted by atomic mass is 10.1. The van der Waals surface area contributed by atoms with Crippen LogP contribution >= 0.6 is 23.1 Å². The maximum atomic E-state index is 13.4. The summed E-state index contributed by atoms with van der Waals surface area (Å²) in [6.45, 7) is 0. The van der Waals surface area contributed by atoms with E-state index < -0.39 is 11.8 Å². The van der Waals surface area contributed by atoms with Crippen LogP contribution < -0.4 is 25.4 Å². The minimum Gasteiger partial charge on any atom is -0.496 e. The van der Waals surface area contributed by atoms with Crippen molar-refractivity contribution < 1.29 is 23.9 Å². The van der Waals surface area contributed by atoms with Gasteiger partial charge in [0.15, 0.2) is 5.13 Å². The van der Waals surface area contributed by atoms with Crippen LogP contribution in [0.2, 0.25) is 0 Å². The summed E-state index contributed by atoms with van der Waals surface area (Å²) in [6, 6.07) is 30.5. The number of benzene rings is 4. The maximum absolute atomic E-state index is 13.4. The lowest BCUT2D eigenvalue weighted by Gasteiger charge is -2.13. The molecule has 0 aliphatic carbocycles. The fraction of sp³-hybridized carbons (Fsp3) is 0.0857. The van der Waals surface area contributed by atoms with Crippen LogP contribution in [-0.2, 0) is 9.59 Å². The highest BCUT2D eigenvalue weighted by Gasteiger charge is 2.17. The molecule has 3 amide bonds. The molecule has 3 N–H and O–H groups in total. The summed E-state index contributed by atoms with van der Waals surface area (Å²) in [4.78, 5) is 44.3. The molecule has 1 aromatic heterocycles. The standard InChI is InChI=1S/C35H30N4O5S2/c1-43-30-14-8-6-12-24(30)20-28(37-33(41)23-10-4-3-5-11-23)34(42)36-25-16-18-26(19-17-25)45-22-32(40)39-35-38-29(21-46-35)27-13-7-9-15-31(27)44-2/h3-21H,22H2,1-2H3,(H,36,42)(H,37,41)(H,38,39,40)/b28-20-. The second-order valence-electron chi connectivity index (χ2n) is 9.67. The number of amides is 3. The smallest absolute Gasteiger partial charge is 0.272 e. The van der Waals surface area contributed by atoms with Gasteiger partial charge in [0.2, 0.25) is 5.91 Å². The van der Waals surface area contributed by atoms with Crippen LogP contribution in [-0.4, -0.2) is 42.7 Å². The van der Waals surface area contributed by atoms with E-state index in [0.29, 0.717) is 33.4 Å².